The van der Waals surface area contributed by atoms with E-state index in [0.29, 0.717) is 6.54 Å². The molecule has 1 N–H and O–H groups in total. The number of aryl methyl sites for hydroxylation is 2. The van der Waals surface area contributed by atoms with Gasteiger partial charge in [-0.1, -0.05) is 53.5 Å². The van der Waals surface area contributed by atoms with E-state index in [1.807, 2.05) is 31.3 Å². The highest BCUT2D eigenvalue weighted by atomic mass is 35.5. The molecule has 3 heterocycles. The number of nitrogens with one attached hydrogen (secondary N) is 1. The van der Waals surface area contributed by atoms with Gasteiger partial charge in [0.15, 0.2) is 5.89 Å². The van der Waals surface area contributed by atoms with Crippen molar-refractivity contribution < 1.29 is 9.21 Å². The first kappa shape index (κ1) is 26.4. The van der Waals surface area contributed by atoms with Crippen molar-refractivity contribution in [3.8, 4) is 0 Å². The maximum absolute atomic E-state index is 12.7. The highest BCUT2D eigenvalue weighted by Crippen LogP contribution is 2.34. The largest absolute Gasteiger partial charge is 0.449 e. The van der Waals surface area contributed by atoms with Crippen molar-refractivity contribution in [1.29, 1.82) is 0 Å². The molecule has 0 radical (unpaired) electrons. The quantitative estimate of drug-likeness (QED) is 0.270. The lowest BCUT2D eigenvalue weighted by Crippen LogP contribution is -2.33. The Bertz CT molecular complexity index is 1400. The normalized spacial score (nSPS) is 14.9. The summed E-state index contributed by atoms with van der Waals surface area (Å²) in [5.74, 6) is 0.412. The maximum atomic E-state index is 12.7. The van der Waals surface area contributed by atoms with Crippen LogP contribution < -0.4 is 5.32 Å². The van der Waals surface area contributed by atoms with Gasteiger partial charge in [-0.15, -0.1) is 0 Å². The molecule has 0 spiro atoms. The van der Waals surface area contributed by atoms with E-state index in [2.05, 4.69) is 38.4 Å². The summed E-state index contributed by atoms with van der Waals surface area (Å²) in [5, 5.41) is 3.37. The summed E-state index contributed by atoms with van der Waals surface area (Å²) in [6.45, 7) is 3.82. The number of benzene rings is 1. The lowest BCUT2D eigenvalue weighted by Gasteiger charge is -2.35. The predicted molar refractivity (Wildman–Crippen MR) is 147 cm³/mol. The predicted octanol–water partition coefficient (Wildman–Crippen LogP) is 6.13. The van der Waals surface area contributed by atoms with Gasteiger partial charge >= 0.3 is 0 Å². The molecule has 1 unspecified atom stereocenters. The number of halogens is 2. The highest BCUT2D eigenvalue weighted by molar-refractivity contribution is 6.39. The molecule has 1 aromatic carbocycles. The first-order chi connectivity index (χ1) is 18.5. The van der Waals surface area contributed by atoms with E-state index < -0.39 is 0 Å². The first-order valence-corrected chi connectivity index (χ1v) is 13.5. The number of rotatable bonds is 9. The minimum atomic E-state index is -0.333. The molecule has 0 saturated carbocycles. The van der Waals surface area contributed by atoms with E-state index in [4.69, 9.17) is 32.6 Å². The fraction of sp³-hybridized carbons (Fsp3) is 0.310. The molecule has 1 aliphatic carbocycles. The van der Waals surface area contributed by atoms with Crippen molar-refractivity contribution in [3.05, 3.63) is 111 Å². The van der Waals surface area contributed by atoms with E-state index in [9.17, 15) is 4.79 Å². The minimum Gasteiger partial charge on any atom is -0.449 e. The number of amides is 1. The van der Waals surface area contributed by atoms with Crippen LogP contribution in [0, 0.1) is 6.92 Å². The molecule has 0 fully saturated rings. The molecule has 1 atom stereocenters. The van der Waals surface area contributed by atoms with E-state index in [-0.39, 0.29) is 27.6 Å². The molecule has 0 saturated heterocycles. The molecule has 7 nitrogen and oxygen atoms in total. The molecule has 0 bridgehead atoms. The van der Waals surface area contributed by atoms with Crippen LogP contribution in [-0.2, 0) is 25.9 Å². The maximum Gasteiger partial charge on any atom is 0.254 e. The number of carbonyl (C=O) groups excluding carboxylic acids is 1. The van der Waals surface area contributed by atoms with Crippen molar-refractivity contribution in [3.63, 3.8) is 0 Å². The Morgan fingerprint density at radius 3 is 2.76 bits per heavy atom. The summed E-state index contributed by atoms with van der Waals surface area (Å²) < 4.78 is 5.63. The molecular formula is C29H29Cl2N5O2. The molecule has 3 aromatic heterocycles. The van der Waals surface area contributed by atoms with Crippen LogP contribution >= 0.6 is 23.2 Å². The second kappa shape index (κ2) is 12.1. The second-order valence-corrected chi connectivity index (χ2v) is 10.4. The van der Waals surface area contributed by atoms with Gasteiger partial charge in [0, 0.05) is 44.6 Å². The van der Waals surface area contributed by atoms with Gasteiger partial charge in [0.2, 0.25) is 0 Å². The van der Waals surface area contributed by atoms with Crippen LogP contribution in [0.5, 0.6) is 0 Å². The van der Waals surface area contributed by atoms with Crippen LogP contribution in [0.1, 0.15) is 63.2 Å². The number of pyridine rings is 2. The Labute approximate surface area is 232 Å². The number of nitrogens with zero attached hydrogens (tertiary/aromatic N) is 4. The van der Waals surface area contributed by atoms with E-state index in [0.717, 1.165) is 67.2 Å². The number of hydrogen-bond acceptors (Lipinski definition) is 6. The van der Waals surface area contributed by atoms with Crippen molar-refractivity contribution in [2.24, 2.45) is 0 Å². The second-order valence-electron chi connectivity index (χ2n) is 9.54. The van der Waals surface area contributed by atoms with Crippen LogP contribution in [-0.4, -0.2) is 32.3 Å². The summed E-state index contributed by atoms with van der Waals surface area (Å²) in [6.07, 6.45) is 10.4. The third-order valence-electron chi connectivity index (χ3n) is 6.80. The number of carbonyl (C=O) groups is 1. The summed E-state index contributed by atoms with van der Waals surface area (Å²) >= 11 is 12.3. The highest BCUT2D eigenvalue weighted by Gasteiger charge is 2.27. The van der Waals surface area contributed by atoms with Crippen LogP contribution in [0.25, 0.3) is 0 Å². The van der Waals surface area contributed by atoms with E-state index >= 15 is 0 Å². The number of oxazole rings is 1. The van der Waals surface area contributed by atoms with Gasteiger partial charge in [0.1, 0.15) is 6.26 Å². The Balaban J connectivity index is 1.32. The number of aromatic nitrogens is 3. The fourth-order valence-corrected chi connectivity index (χ4v) is 5.55. The topological polar surface area (TPSA) is 84.2 Å². The Morgan fingerprint density at radius 2 is 1.97 bits per heavy atom. The van der Waals surface area contributed by atoms with Crippen molar-refractivity contribution in [2.45, 2.75) is 51.7 Å². The van der Waals surface area contributed by atoms with Gasteiger partial charge < -0.3 is 9.73 Å². The average molecular weight is 550 g/mol. The lowest BCUT2D eigenvalue weighted by molar-refractivity contribution is 0.0951. The summed E-state index contributed by atoms with van der Waals surface area (Å²) in [6, 6.07) is 12.7. The molecule has 196 valence electrons. The average Bonchev–Trinajstić information content (AvgIpc) is 3.34. The molecule has 38 heavy (non-hydrogen) atoms. The van der Waals surface area contributed by atoms with Crippen LogP contribution in [0.2, 0.25) is 10.0 Å². The van der Waals surface area contributed by atoms with Gasteiger partial charge in [-0.25, -0.2) is 4.98 Å². The summed E-state index contributed by atoms with van der Waals surface area (Å²) in [4.78, 5) is 28.4. The monoisotopic (exact) mass is 549 g/mol. The lowest BCUT2D eigenvalue weighted by atomic mass is 9.90. The van der Waals surface area contributed by atoms with Gasteiger partial charge in [0.05, 0.1) is 33.0 Å². The fourth-order valence-electron chi connectivity index (χ4n) is 5.01. The molecule has 0 aliphatic heterocycles. The zero-order valence-corrected chi connectivity index (χ0v) is 22.7. The zero-order chi connectivity index (χ0) is 26.5. The third-order valence-corrected chi connectivity index (χ3v) is 7.37. The minimum absolute atomic E-state index is 0.218. The van der Waals surface area contributed by atoms with Gasteiger partial charge in [-0.3, -0.25) is 19.7 Å². The van der Waals surface area contributed by atoms with Gasteiger partial charge in [0.25, 0.3) is 5.91 Å². The molecule has 1 amide bonds. The van der Waals surface area contributed by atoms with E-state index in [1.165, 1.54) is 18.0 Å². The third kappa shape index (κ3) is 6.23. The molecule has 1 aliphatic rings. The Morgan fingerprint density at radius 1 is 1.16 bits per heavy atom. The smallest absolute Gasteiger partial charge is 0.254 e. The first-order valence-electron chi connectivity index (χ1n) is 12.7. The van der Waals surface area contributed by atoms with Gasteiger partial charge in [-0.05, 0) is 48.9 Å². The number of hydrogen-bond donors (Lipinski definition) is 1. The zero-order valence-electron chi connectivity index (χ0n) is 21.2. The Kier molecular flexibility index (Phi) is 8.37. The molecular weight excluding hydrogens is 521 g/mol. The van der Waals surface area contributed by atoms with Gasteiger partial charge in [-0.2, -0.15) is 0 Å². The van der Waals surface area contributed by atoms with Crippen LogP contribution in [0.15, 0.2) is 65.7 Å². The molecule has 5 rings (SSSR count). The molecule has 9 heteroatoms. The summed E-state index contributed by atoms with van der Waals surface area (Å²) in [7, 11) is 0. The standard InChI is InChI=1S/C29H29Cl2N5O2/c1-19-18-38-26(35-19)10-12-36(25-9-3-7-22-8-4-11-33-28(22)25)17-21-6-2-5-20(13-21)14-34-29(37)27-23(30)15-32-16-24(27)31/h2,4-6,8,11,13,15-16,18,25H,3,7,9-10,12,14,17H2,1H3,(H,34,37). The number of fused-ring (bicyclic) bond motifs is 1. The van der Waals surface area contributed by atoms with Crippen molar-refractivity contribution in [2.75, 3.05) is 6.54 Å². The van der Waals surface area contributed by atoms with Crippen molar-refractivity contribution >= 4 is 29.1 Å². The van der Waals surface area contributed by atoms with E-state index in [1.54, 1.807) is 6.26 Å². The summed E-state index contributed by atoms with van der Waals surface area (Å²) in [5.41, 5.74) is 5.75. The van der Waals surface area contributed by atoms with Crippen molar-refractivity contribution in [1.82, 2.24) is 25.2 Å². The van der Waals surface area contributed by atoms with Crippen LogP contribution in [0.3, 0.4) is 0 Å². The SMILES string of the molecule is Cc1coc(CCN(Cc2cccc(CNC(=O)c3c(Cl)cncc3Cl)c2)C2CCCc3cccnc32)n1. The Hall–Kier alpha value is -3.26. The van der Waals surface area contributed by atoms with Crippen LogP contribution in [0.4, 0.5) is 0 Å². The molecule has 4 aromatic rings.